The molecule has 0 saturated carbocycles. The van der Waals surface area contributed by atoms with Crippen molar-refractivity contribution in [1.82, 2.24) is 9.80 Å². The van der Waals surface area contributed by atoms with E-state index in [1.165, 1.54) is 4.90 Å². The minimum absolute atomic E-state index is 0.0453. The third-order valence-corrected chi connectivity index (χ3v) is 6.33. The number of carbonyl (C=O) groups is 3. The molecule has 2 fully saturated rings. The van der Waals surface area contributed by atoms with Crippen LogP contribution in [0, 0.1) is 11.8 Å². The summed E-state index contributed by atoms with van der Waals surface area (Å²) in [6.07, 6.45) is 7.72. The van der Waals surface area contributed by atoms with E-state index in [9.17, 15) is 19.5 Å². The molecule has 0 aromatic carbocycles. The van der Waals surface area contributed by atoms with E-state index >= 15 is 0 Å². The van der Waals surface area contributed by atoms with Gasteiger partial charge in [-0.3, -0.25) is 14.4 Å². The zero-order valence-corrected chi connectivity index (χ0v) is 16.8. The van der Waals surface area contributed by atoms with Crippen molar-refractivity contribution in [3.63, 3.8) is 0 Å². The molecule has 4 heterocycles. The highest BCUT2D eigenvalue weighted by atomic mass is 16.6. The first-order chi connectivity index (χ1) is 13.9. The molecule has 0 aromatic rings. The van der Waals surface area contributed by atoms with Gasteiger partial charge in [-0.1, -0.05) is 24.3 Å². The van der Waals surface area contributed by atoms with Crippen LogP contribution < -0.4 is 0 Å². The van der Waals surface area contributed by atoms with Gasteiger partial charge in [0.15, 0.2) is 0 Å². The van der Waals surface area contributed by atoms with Crippen LogP contribution in [0.5, 0.6) is 0 Å². The summed E-state index contributed by atoms with van der Waals surface area (Å²) in [5, 5.41) is 9.31. The Morgan fingerprint density at radius 1 is 1.24 bits per heavy atom. The van der Waals surface area contributed by atoms with Gasteiger partial charge in [0.25, 0.3) is 0 Å². The number of fused-ring (bicyclic) bond motifs is 2. The standard InChI is InChI=1S/C21H28N2O6/c1-13(2)22-9-5-8-21-16(15-14(29-21)7-3-4-12-28-20(15)27)18(25)23(10-6-11-24)17(21)19(22)26/h3,5,7-8,13-17,24H,4,6,9-12H2,1-2H3/t14-,15?,16+,17-,21?/m1/s1. The number of likely N-dealkylation sites (tertiary alicyclic amines) is 1. The number of amides is 2. The number of rotatable bonds is 4. The van der Waals surface area contributed by atoms with Crippen LogP contribution in [-0.4, -0.2) is 82.8 Å². The predicted molar refractivity (Wildman–Crippen MR) is 102 cm³/mol. The number of aliphatic hydroxyl groups excluding tert-OH is 1. The molecule has 8 heteroatoms. The van der Waals surface area contributed by atoms with Gasteiger partial charge in [-0.25, -0.2) is 0 Å². The molecule has 29 heavy (non-hydrogen) atoms. The van der Waals surface area contributed by atoms with Crippen molar-refractivity contribution >= 4 is 17.8 Å². The molecule has 0 aliphatic carbocycles. The third kappa shape index (κ3) is 3.00. The lowest BCUT2D eigenvalue weighted by Gasteiger charge is -2.36. The zero-order valence-electron chi connectivity index (χ0n) is 16.8. The summed E-state index contributed by atoms with van der Waals surface area (Å²) in [5.74, 6) is -2.54. The second-order valence-electron chi connectivity index (χ2n) is 8.32. The Kier molecular flexibility index (Phi) is 5.25. The third-order valence-electron chi connectivity index (χ3n) is 6.33. The van der Waals surface area contributed by atoms with Gasteiger partial charge in [0.2, 0.25) is 11.8 Å². The van der Waals surface area contributed by atoms with E-state index in [1.54, 1.807) is 4.90 Å². The lowest BCUT2D eigenvalue weighted by atomic mass is 9.77. The van der Waals surface area contributed by atoms with Gasteiger partial charge in [-0.2, -0.15) is 0 Å². The van der Waals surface area contributed by atoms with Crippen molar-refractivity contribution in [2.24, 2.45) is 11.8 Å². The maximum absolute atomic E-state index is 13.6. The first kappa shape index (κ1) is 20.1. The summed E-state index contributed by atoms with van der Waals surface area (Å²) < 4.78 is 11.8. The smallest absolute Gasteiger partial charge is 0.312 e. The largest absolute Gasteiger partial charge is 0.465 e. The molecule has 4 aliphatic heterocycles. The molecular weight excluding hydrogens is 376 g/mol. The van der Waals surface area contributed by atoms with Crippen molar-refractivity contribution in [3.05, 3.63) is 24.3 Å². The van der Waals surface area contributed by atoms with Crippen LogP contribution in [-0.2, 0) is 23.9 Å². The van der Waals surface area contributed by atoms with Gasteiger partial charge in [0.05, 0.1) is 18.6 Å². The van der Waals surface area contributed by atoms with E-state index in [4.69, 9.17) is 9.47 Å². The summed E-state index contributed by atoms with van der Waals surface area (Å²) >= 11 is 0. The highest BCUT2D eigenvalue weighted by molar-refractivity contribution is 5.99. The van der Waals surface area contributed by atoms with Crippen LogP contribution in [0.4, 0.5) is 0 Å². The van der Waals surface area contributed by atoms with Crippen molar-refractivity contribution in [1.29, 1.82) is 0 Å². The lowest BCUT2D eigenvalue weighted by molar-refractivity contribution is -0.155. The van der Waals surface area contributed by atoms with Crippen molar-refractivity contribution in [2.75, 3.05) is 26.3 Å². The molecule has 4 rings (SSSR count). The number of carbonyl (C=O) groups excluding carboxylic acids is 3. The second-order valence-corrected chi connectivity index (χ2v) is 8.32. The van der Waals surface area contributed by atoms with E-state index < -0.39 is 35.6 Å². The van der Waals surface area contributed by atoms with Crippen LogP contribution in [0.1, 0.15) is 26.7 Å². The first-order valence-electron chi connectivity index (χ1n) is 10.3. The second kappa shape index (κ2) is 7.57. The molecular formula is C21H28N2O6. The molecule has 1 N–H and O–H groups in total. The van der Waals surface area contributed by atoms with Crippen molar-refractivity contribution in [2.45, 2.75) is 50.5 Å². The van der Waals surface area contributed by atoms with E-state index in [-0.39, 0.29) is 37.6 Å². The maximum atomic E-state index is 13.6. The molecule has 0 bridgehead atoms. The Hall–Kier alpha value is -2.19. The van der Waals surface area contributed by atoms with Gasteiger partial charge < -0.3 is 24.4 Å². The topological polar surface area (TPSA) is 96.4 Å². The number of hydrogen-bond donors (Lipinski definition) is 1. The van der Waals surface area contributed by atoms with Gasteiger partial charge in [-0.15, -0.1) is 0 Å². The average molecular weight is 404 g/mol. The van der Waals surface area contributed by atoms with E-state index in [0.29, 0.717) is 19.4 Å². The van der Waals surface area contributed by atoms with Crippen molar-refractivity contribution < 1.29 is 29.0 Å². The molecule has 0 aromatic heterocycles. The Balaban J connectivity index is 1.82. The summed E-state index contributed by atoms with van der Waals surface area (Å²) in [5.41, 5.74) is -1.21. The molecule has 8 nitrogen and oxygen atoms in total. The summed E-state index contributed by atoms with van der Waals surface area (Å²) in [6, 6.07) is -0.904. The Labute approximate surface area is 170 Å². The van der Waals surface area contributed by atoms with Gasteiger partial charge in [-0.05, 0) is 26.7 Å². The molecule has 2 amide bonds. The van der Waals surface area contributed by atoms with E-state index in [0.717, 1.165) is 0 Å². The van der Waals surface area contributed by atoms with Crippen LogP contribution in [0.15, 0.2) is 24.3 Å². The highest BCUT2D eigenvalue weighted by Gasteiger charge is 2.71. The van der Waals surface area contributed by atoms with Crippen LogP contribution in [0.2, 0.25) is 0 Å². The maximum Gasteiger partial charge on any atom is 0.312 e. The molecule has 0 radical (unpaired) electrons. The van der Waals surface area contributed by atoms with Crippen LogP contribution in [0.3, 0.4) is 0 Å². The Morgan fingerprint density at radius 3 is 2.76 bits per heavy atom. The SMILES string of the molecule is CC(C)N1CC=CC23O[C@@H]4C=CCCOC(=O)C4[C@H]2C(=O)N(CCCO)[C@@H]3C1=O. The van der Waals surface area contributed by atoms with Crippen LogP contribution >= 0.6 is 0 Å². The molecule has 4 aliphatic rings. The zero-order chi connectivity index (χ0) is 20.8. The van der Waals surface area contributed by atoms with Crippen LogP contribution in [0.25, 0.3) is 0 Å². The number of esters is 1. The fourth-order valence-electron chi connectivity index (χ4n) is 5.07. The monoisotopic (exact) mass is 404 g/mol. The first-order valence-corrected chi connectivity index (χ1v) is 10.3. The predicted octanol–water partition coefficient (Wildman–Crippen LogP) is 0.260. The number of cyclic esters (lactones) is 1. The summed E-state index contributed by atoms with van der Waals surface area (Å²) in [4.78, 5) is 43.1. The fraction of sp³-hybridized carbons (Fsp3) is 0.667. The van der Waals surface area contributed by atoms with Crippen molar-refractivity contribution in [3.8, 4) is 0 Å². The number of nitrogens with zero attached hydrogens (tertiary/aromatic N) is 2. The van der Waals surface area contributed by atoms with E-state index in [2.05, 4.69) is 0 Å². The summed E-state index contributed by atoms with van der Waals surface area (Å²) in [7, 11) is 0. The molecule has 158 valence electrons. The normalized spacial score (nSPS) is 36.5. The Morgan fingerprint density at radius 2 is 2.03 bits per heavy atom. The lowest BCUT2D eigenvalue weighted by Crippen LogP contribution is -2.56. The molecule has 2 saturated heterocycles. The average Bonchev–Trinajstić information content (AvgIpc) is 3.04. The number of aliphatic hydroxyl groups is 1. The van der Waals surface area contributed by atoms with Gasteiger partial charge in [0.1, 0.15) is 17.6 Å². The number of hydrogen-bond acceptors (Lipinski definition) is 6. The molecule has 5 atom stereocenters. The minimum Gasteiger partial charge on any atom is -0.465 e. The van der Waals surface area contributed by atoms with E-state index in [1.807, 2.05) is 38.2 Å². The highest BCUT2D eigenvalue weighted by Crippen LogP contribution is 2.53. The fourth-order valence-corrected chi connectivity index (χ4v) is 5.07. The Bertz CT molecular complexity index is 762. The summed E-state index contributed by atoms with van der Waals surface area (Å²) in [6.45, 7) is 4.68. The number of ether oxygens (including phenoxy) is 2. The molecule has 1 spiro atoms. The minimum atomic E-state index is -1.21. The van der Waals surface area contributed by atoms with Gasteiger partial charge in [0, 0.05) is 25.7 Å². The van der Waals surface area contributed by atoms with Gasteiger partial charge >= 0.3 is 5.97 Å². The quantitative estimate of drug-likeness (QED) is 0.533. The molecule has 2 unspecified atom stereocenters.